The third-order valence-electron chi connectivity index (χ3n) is 7.75. The Balaban J connectivity index is 1.14. The van der Waals surface area contributed by atoms with E-state index in [1.165, 1.54) is 35.2 Å². The number of imidazole rings is 1. The minimum atomic E-state index is -1.43. The number of hydrogen-bond acceptors (Lipinski definition) is 12. The normalized spacial score (nSPS) is 22.5. The number of nitro benzene ring substituents is 1. The topological polar surface area (TPSA) is 221 Å². The van der Waals surface area contributed by atoms with Gasteiger partial charge in [-0.3, -0.25) is 19.5 Å². The standard InChI is InChI=1S/C27H34N8O8/c1-2-29-25(38)22-20(36)21(37)26(43-22)34-14-30-19-23(28)31-18(32-24(19)34)5-3-4-15-10-12-33(13-11-15)27(39)42-17-8-6-16(7-9-17)35(40)41/h6-9,14-15,20-22,26,36-37H,2-5,10-13H2,1H3,(H,29,38)(H2,28,31,32)/t20-,21+,22-,26+/m0/s1. The molecule has 0 aliphatic carbocycles. The van der Waals surface area contributed by atoms with E-state index in [1.807, 2.05) is 0 Å². The zero-order valence-electron chi connectivity index (χ0n) is 23.5. The fourth-order valence-corrected chi connectivity index (χ4v) is 5.42. The number of likely N-dealkylation sites (N-methyl/N-ethyl adjacent to an activating group) is 1. The molecule has 2 aromatic heterocycles. The summed E-state index contributed by atoms with van der Waals surface area (Å²) < 4.78 is 12.5. The molecule has 2 aliphatic rings. The Morgan fingerprint density at radius 2 is 1.91 bits per heavy atom. The number of carbonyl (C=O) groups is 2. The molecule has 1 aromatic carbocycles. The second-order valence-corrected chi connectivity index (χ2v) is 10.6. The molecule has 0 saturated carbocycles. The molecule has 16 heteroatoms. The number of nitrogens with two attached hydrogens (primary N) is 1. The van der Waals surface area contributed by atoms with Gasteiger partial charge < -0.3 is 35.6 Å². The van der Waals surface area contributed by atoms with Crippen LogP contribution in [0.15, 0.2) is 30.6 Å². The number of likely N-dealkylation sites (tertiary alicyclic amines) is 1. The summed E-state index contributed by atoms with van der Waals surface area (Å²) in [5, 5.41) is 34.4. The molecule has 2 amide bonds. The van der Waals surface area contributed by atoms with Gasteiger partial charge in [0.25, 0.3) is 11.6 Å². The molecule has 0 spiro atoms. The highest BCUT2D eigenvalue weighted by Crippen LogP contribution is 2.32. The Hall–Kier alpha value is -4.41. The predicted octanol–water partition coefficient (Wildman–Crippen LogP) is 1.31. The lowest BCUT2D eigenvalue weighted by Gasteiger charge is -2.31. The summed E-state index contributed by atoms with van der Waals surface area (Å²) in [6, 6.07) is 5.38. The number of nitrogens with zero attached hydrogens (tertiary/aromatic N) is 6. The van der Waals surface area contributed by atoms with Gasteiger partial charge in [0.2, 0.25) is 0 Å². The van der Waals surface area contributed by atoms with E-state index < -0.39 is 41.5 Å². The van der Waals surface area contributed by atoms with E-state index >= 15 is 0 Å². The Morgan fingerprint density at radius 3 is 2.58 bits per heavy atom. The smallest absolute Gasteiger partial charge is 0.410 e. The fourth-order valence-electron chi connectivity index (χ4n) is 5.42. The molecule has 2 aliphatic heterocycles. The number of carbonyl (C=O) groups excluding carboxylic acids is 2. The fraction of sp³-hybridized carbons (Fsp3) is 0.519. The van der Waals surface area contributed by atoms with Gasteiger partial charge in [-0.1, -0.05) is 0 Å². The maximum atomic E-state index is 12.5. The van der Waals surface area contributed by atoms with Crippen molar-refractivity contribution in [3.63, 3.8) is 0 Å². The van der Waals surface area contributed by atoms with Gasteiger partial charge in [0.15, 0.2) is 23.8 Å². The van der Waals surface area contributed by atoms with Crippen molar-refractivity contribution in [2.75, 3.05) is 25.4 Å². The van der Waals surface area contributed by atoms with E-state index in [-0.39, 0.29) is 17.3 Å². The first kappa shape index (κ1) is 30.1. The Kier molecular flexibility index (Phi) is 8.98. The zero-order valence-corrected chi connectivity index (χ0v) is 23.5. The zero-order chi connectivity index (χ0) is 30.7. The second kappa shape index (κ2) is 12.8. The van der Waals surface area contributed by atoms with Gasteiger partial charge in [-0.2, -0.15) is 0 Å². The summed E-state index contributed by atoms with van der Waals surface area (Å²) in [5.41, 5.74) is 6.73. The number of benzene rings is 1. The van der Waals surface area contributed by atoms with E-state index in [9.17, 15) is 29.9 Å². The van der Waals surface area contributed by atoms with E-state index in [2.05, 4.69) is 20.3 Å². The first-order valence-corrected chi connectivity index (χ1v) is 14.2. The van der Waals surface area contributed by atoms with Gasteiger partial charge in [0, 0.05) is 38.2 Å². The number of aromatic nitrogens is 4. The van der Waals surface area contributed by atoms with Gasteiger partial charge in [-0.15, -0.1) is 0 Å². The molecule has 4 heterocycles. The Labute approximate surface area is 246 Å². The third-order valence-corrected chi connectivity index (χ3v) is 7.75. The van der Waals surface area contributed by atoms with Crippen LogP contribution in [0.25, 0.3) is 11.2 Å². The number of piperidine rings is 1. The summed E-state index contributed by atoms with van der Waals surface area (Å²) in [5.74, 6) is 0.783. The number of amides is 2. The first-order chi connectivity index (χ1) is 20.7. The number of fused-ring (bicyclic) bond motifs is 1. The number of nitrogens with one attached hydrogen (secondary N) is 1. The average Bonchev–Trinajstić information content (AvgIpc) is 3.54. The molecule has 2 saturated heterocycles. The van der Waals surface area contributed by atoms with Crippen molar-refractivity contribution in [2.24, 2.45) is 5.92 Å². The van der Waals surface area contributed by atoms with E-state index in [4.69, 9.17) is 15.2 Å². The molecule has 16 nitrogen and oxygen atoms in total. The van der Waals surface area contributed by atoms with Crippen LogP contribution in [0.3, 0.4) is 0 Å². The van der Waals surface area contributed by atoms with Crippen LogP contribution in [-0.4, -0.2) is 89.5 Å². The number of hydrogen-bond donors (Lipinski definition) is 4. The van der Waals surface area contributed by atoms with Crippen LogP contribution in [-0.2, 0) is 16.0 Å². The van der Waals surface area contributed by atoms with E-state index in [0.29, 0.717) is 49.0 Å². The van der Waals surface area contributed by atoms with Crippen LogP contribution in [0.4, 0.5) is 16.3 Å². The van der Waals surface area contributed by atoms with Crippen molar-refractivity contribution in [1.29, 1.82) is 0 Å². The van der Waals surface area contributed by atoms with Crippen LogP contribution in [0.1, 0.15) is 44.7 Å². The number of nitrogen functional groups attached to an aromatic ring is 1. The lowest BCUT2D eigenvalue weighted by Crippen LogP contribution is -2.42. The highest BCUT2D eigenvalue weighted by atomic mass is 16.6. The number of aryl methyl sites for hydroxylation is 1. The number of non-ortho nitro benzene ring substituents is 1. The number of rotatable bonds is 9. The quantitative estimate of drug-likeness (QED) is 0.202. The van der Waals surface area contributed by atoms with Crippen molar-refractivity contribution in [2.45, 2.75) is 63.6 Å². The van der Waals surface area contributed by atoms with Crippen molar-refractivity contribution in [3.8, 4) is 5.75 Å². The largest absolute Gasteiger partial charge is 0.415 e. The Bertz CT molecular complexity index is 1470. The van der Waals surface area contributed by atoms with Gasteiger partial charge in [-0.25, -0.2) is 19.7 Å². The summed E-state index contributed by atoms with van der Waals surface area (Å²) in [6.45, 7) is 3.17. The van der Waals surface area contributed by atoms with Gasteiger partial charge in [0.1, 0.15) is 29.3 Å². The summed E-state index contributed by atoms with van der Waals surface area (Å²) >= 11 is 0. The molecule has 5 N–H and O–H groups in total. The number of anilines is 1. The molecule has 3 aromatic rings. The Morgan fingerprint density at radius 1 is 1.19 bits per heavy atom. The molecule has 0 radical (unpaired) electrons. The van der Waals surface area contributed by atoms with Crippen molar-refractivity contribution in [1.82, 2.24) is 29.7 Å². The maximum Gasteiger partial charge on any atom is 0.415 e. The van der Waals surface area contributed by atoms with Crippen LogP contribution in [0, 0.1) is 16.0 Å². The third kappa shape index (κ3) is 6.50. The van der Waals surface area contributed by atoms with Gasteiger partial charge in [-0.05, 0) is 50.7 Å². The molecule has 4 atom stereocenters. The monoisotopic (exact) mass is 598 g/mol. The lowest BCUT2D eigenvalue weighted by atomic mass is 9.91. The predicted molar refractivity (Wildman–Crippen MR) is 151 cm³/mol. The van der Waals surface area contributed by atoms with Crippen LogP contribution in [0.2, 0.25) is 0 Å². The molecule has 230 valence electrons. The number of nitro groups is 1. The molecule has 43 heavy (non-hydrogen) atoms. The van der Waals surface area contributed by atoms with E-state index in [1.54, 1.807) is 11.8 Å². The average molecular weight is 599 g/mol. The molecule has 2 fully saturated rings. The van der Waals surface area contributed by atoms with Crippen molar-refractivity contribution >= 4 is 34.7 Å². The molecular weight excluding hydrogens is 564 g/mol. The second-order valence-electron chi connectivity index (χ2n) is 10.6. The molecular formula is C27H34N8O8. The van der Waals surface area contributed by atoms with Gasteiger partial charge in [0.05, 0.1) is 11.3 Å². The van der Waals surface area contributed by atoms with Crippen molar-refractivity contribution < 1.29 is 34.2 Å². The minimum Gasteiger partial charge on any atom is -0.410 e. The summed E-state index contributed by atoms with van der Waals surface area (Å²) in [4.78, 5) is 49.9. The van der Waals surface area contributed by atoms with Crippen LogP contribution >= 0.6 is 0 Å². The van der Waals surface area contributed by atoms with Crippen molar-refractivity contribution in [3.05, 3.63) is 46.5 Å². The first-order valence-electron chi connectivity index (χ1n) is 14.2. The molecule has 0 bridgehead atoms. The SMILES string of the molecule is CCNC(=O)[C@H]1O[C@@H](n2cnc3c(N)nc(CCCC4CCN(C(=O)Oc5ccc([N+](=O)[O-])cc5)CC4)nc32)[C@H](O)[C@@H]1O. The number of aliphatic hydroxyl groups excluding tert-OH is 2. The van der Waals surface area contributed by atoms with Crippen LogP contribution in [0.5, 0.6) is 5.75 Å². The lowest BCUT2D eigenvalue weighted by molar-refractivity contribution is -0.384. The summed E-state index contributed by atoms with van der Waals surface area (Å²) in [7, 11) is 0. The van der Waals surface area contributed by atoms with E-state index in [0.717, 1.165) is 25.7 Å². The highest BCUT2D eigenvalue weighted by Gasteiger charge is 2.47. The molecule has 5 rings (SSSR count). The molecule has 0 unspecified atom stereocenters. The summed E-state index contributed by atoms with van der Waals surface area (Å²) in [6.07, 6.45) is -0.446. The maximum absolute atomic E-state index is 12.5. The number of aliphatic hydroxyl groups is 2. The minimum absolute atomic E-state index is 0.0767. The van der Waals surface area contributed by atoms with Gasteiger partial charge >= 0.3 is 6.09 Å². The number of ether oxygens (including phenoxy) is 2. The highest BCUT2D eigenvalue weighted by molar-refractivity contribution is 5.83. The van der Waals surface area contributed by atoms with Crippen LogP contribution < -0.4 is 15.8 Å².